The zero-order chi connectivity index (χ0) is 20.1. The number of rotatable bonds is 5. The third-order valence-electron chi connectivity index (χ3n) is 4.73. The molecular weight excluding hydrogens is 462 g/mol. The fraction of sp³-hybridized carbons (Fsp3) is 0.400. The van der Waals surface area contributed by atoms with Gasteiger partial charge in [-0.1, -0.05) is 23.7 Å². The number of thiophene rings is 1. The van der Waals surface area contributed by atoms with Crippen molar-refractivity contribution in [3.05, 3.63) is 55.6 Å². The molecule has 5 nitrogen and oxygen atoms in total. The average Bonchev–Trinajstić information content (AvgIpc) is 2.98. The Hall–Kier alpha value is -1.41. The van der Waals surface area contributed by atoms with Gasteiger partial charge in [0, 0.05) is 37.7 Å². The fourth-order valence-corrected chi connectivity index (χ4v) is 4.65. The Bertz CT molecular complexity index is 827. The van der Waals surface area contributed by atoms with Crippen molar-refractivity contribution in [2.75, 3.05) is 26.2 Å². The van der Waals surface area contributed by atoms with Crippen molar-refractivity contribution in [2.45, 2.75) is 25.9 Å². The maximum atomic E-state index is 12.8. The molecule has 1 aromatic heterocycles. The lowest BCUT2D eigenvalue weighted by molar-refractivity contribution is -0.132. The van der Waals surface area contributed by atoms with Crippen LogP contribution >= 0.6 is 38.9 Å². The quantitative estimate of drug-likeness (QED) is 0.697. The van der Waals surface area contributed by atoms with Crippen molar-refractivity contribution < 1.29 is 9.59 Å². The SMILES string of the molecule is CC(NC(=O)c1ccc(Br)s1)C(=O)N1CCCN(Cc2ccc(Cl)cc2)CC1. The van der Waals surface area contributed by atoms with Crippen LogP contribution in [0.2, 0.25) is 5.02 Å². The number of nitrogens with zero attached hydrogens (tertiary/aromatic N) is 2. The highest BCUT2D eigenvalue weighted by Crippen LogP contribution is 2.22. The monoisotopic (exact) mass is 483 g/mol. The highest BCUT2D eigenvalue weighted by atomic mass is 79.9. The Balaban J connectivity index is 1.51. The highest BCUT2D eigenvalue weighted by molar-refractivity contribution is 9.11. The van der Waals surface area contributed by atoms with Gasteiger partial charge in [-0.3, -0.25) is 14.5 Å². The topological polar surface area (TPSA) is 52.7 Å². The highest BCUT2D eigenvalue weighted by Gasteiger charge is 2.25. The van der Waals surface area contributed by atoms with Gasteiger partial charge in [0.25, 0.3) is 5.91 Å². The zero-order valence-corrected chi connectivity index (χ0v) is 18.8. The van der Waals surface area contributed by atoms with Gasteiger partial charge in [-0.2, -0.15) is 0 Å². The summed E-state index contributed by atoms with van der Waals surface area (Å²) in [6, 6.07) is 10.9. The van der Waals surface area contributed by atoms with Crippen LogP contribution in [0, 0.1) is 0 Å². The maximum absolute atomic E-state index is 12.8. The summed E-state index contributed by atoms with van der Waals surface area (Å²) in [6.45, 7) is 5.72. The summed E-state index contributed by atoms with van der Waals surface area (Å²) in [6.07, 6.45) is 0.915. The van der Waals surface area contributed by atoms with Crippen molar-refractivity contribution in [2.24, 2.45) is 0 Å². The number of benzene rings is 1. The molecule has 0 bridgehead atoms. The molecule has 2 amide bonds. The van der Waals surface area contributed by atoms with Gasteiger partial charge in [-0.25, -0.2) is 0 Å². The molecule has 2 heterocycles. The van der Waals surface area contributed by atoms with E-state index in [1.165, 1.54) is 16.9 Å². The number of hydrogen-bond donors (Lipinski definition) is 1. The molecule has 1 aliphatic rings. The third-order valence-corrected chi connectivity index (χ3v) is 6.61. The molecule has 1 aliphatic heterocycles. The second-order valence-corrected chi connectivity index (χ2v) is 9.78. The smallest absolute Gasteiger partial charge is 0.262 e. The molecule has 1 N–H and O–H groups in total. The molecule has 150 valence electrons. The molecule has 28 heavy (non-hydrogen) atoms. The Kier molecular flexibility index (Phi) is 7.51. The lowest BCUT2D eigenvalue weighted by Crippen LogP contribution is -2.47. The van der Waals surface area contributed by atoms with Crippen LogP contribution < -0.4 is 5.32 Å². The second-order valence-electron chi connectivity index (χ2n) is 6.88. The second kappa shape index (κ2) is 9.87. The van der Waals surface area contributed by atoms with Crippen LogP contribution in [0.5, 0.6) is 0 Å². The summed E-state index contributed by atoms with van der Waals surface area (Å²) in [5.41, 5.74) is 1.21. The lowest BCUT2D eigenvalue weighted by atomic mass is 10.2. The first-order valence-electron chi connectivity index (χ1n) is 9.24. The number of nitrogens with one attached hydrogen (secondary N) is 1. The van der Waals surface area contributed by atoms with Crippen molar-refractivity contribution in [3.63, 3.8) is 0 Å². The largest absolute Gasteiger partial charge is 0.340 e. The predicted molar refractivity (Wildman–Crippen MR) is 117 cm³/mol. The summed E-state index contributed by atoms with van der Waals surface area (Å²) in [5, 5.41) is 3.55. The normalized spacial score (nSPS) is 16.5. The first-order chi connectivity index (χ1) is 13.4. The molecule has 0 spiro atoms. The van der Waals surface area contributed by atoms with E-state index in [0.717, 1.165) is 34.9 Å². The first-order valence-corrected chi connectivity index (χ1v) is 11.2. The summed E-state index contributed by atoms with van der Waals surface area (Å²) < 4.78 is 0.893. The van der Waals surface area contributed by atoms with E-state index < -0.39 is 6.04 Å². The van der Waals surface area contributed by atoms with Crippen LogP contribution in [0.15, 0.2) is 40.2 Å². The Morgan fingerprint density at radius 1 is 1.14 bits per heavy atom. The number of halogens is 2. The molecule has 0 radical (unpaired) electrons. The van der Waals surface area contributed by atoms with Gasteiger partial charge in [-0.15, -0.1) is 11.3 Å². The van der Waals surface area contributed by atoms with Crippen LogP contribution in [-0.2, 0) is 11.3 Å². The minimum atomic E-state index is -0.545. The fourth-order valence-electron chi connectivity index (χ4n) is 3.24. The first kappa shape index (κ1) is 21.3. The molecule has 1 saturated heterocycles. The standard InChI is InChI=1S/C20H23BrClN3O2S/c1-14(23-19(26)17-7-8-18(21)28-17)20(27)25-10-2-9-24(11-12-25)13-15-3-5-16(22)6-4-15/h3-8,14H,2,9-13H2,1H3,(H,23,26). The van der Waals surface area contributed by atoms with Gasteiger partial charge >= 0.3 is 0 Å². The van der Waals surface area contributed by atoms with Crippen molar-refractivity contribution in [1.29, 1.82) is 0 Å². The molecule has 1 unspecified atom stereocenters. The number of carbonyl (C=O) groups excluding carboxylic acids is 2. The van der Waals surface area contributed by atoms with E-state index >= 15 is 0 Å². The molecule has 0 saturated carbocycles. The van der Waals surface area contributed by atoms with E-state index in [-0.39, 0.29) is 11.8 Å². The van der Waals surface area contributed by atoms with Gasteiger partial charge in [0.1, 0.15) is 6.04 Å². The van der Waals surface area contributed by atoms with Crippen molar-refractivity contribution >= 4 is 50.7 Å². The van der Waals surface area contributed by atoms with Gasteiger partial charge < -0.3 is 10.2 Å². The molecule has 2 aromatic rings. The minimum absolute atomic E-state index is 0.0303. The Labute approximate surface area is 182 Å². The molecule has 8 heteroatoms. The summed E-state index contributed by atoms with van der Waals surface area (Å²) >= 11 is 10.7. The van der Waals surface area contributed by atoms with Gasteiger partial charge in [-0.05, 0) is 59.1 Å². The summed E-state index contributed by atoms with van der Waals surface area (Å²) in [4.78, 5) is 29.9. The zero-order valence-electron chi connectivity index (χ0n) is 15.7. The van der Waals surface area contributed by atoms with Gasteiger partial charge in [0.05, 0.1) is 8.66 Å². The van der Waals surface area contributed by atoms with Crippen LogP contribution in [0.25, 0.3) is 0 Å². The molecule has 3 rings (SSSR count). The van der Waals surface area contributed by atoms with E-state index in [1.807, 2.05) is 35.2 Å². The Morgan fingerprint density at radius 2 is 1.89 bits per heavy atom. The molecule has 0 aliphatic carbocycles. The molecule has 1 aromatic carbocycles. The maximum Gasteiger partial charge on any atom is 0.262 e. The van der Waals surface area contributed by atoms with Crippen molar-refractivity contribution in [1.82, 2.24) is 15.1 Å². The molecule has 1 fully saturated rings. The van der Waals surface area contributed by atoms with Crippen LogP contribution in [-0.4, -0.2) is 53.8 Å². The van der Waals surface area contributed by atoms with Crippen LogP contribution in [0.1, 0.15) is 28.6 Å². The van der Waals surface area contributed by atoms with E-state index in [0.29, 0.717) is 18.0 Å². The molecular formula is C20H23BrClN3O2S. The lowest BCUT2D eigenvalue weighted by Gasteiger charge is -2.25. The minimum Gasteiger partial charge on any atom is -0.340 e. The van der Waals surface area contributed by atoms with E-state index in [9.17, 15) is 9.59 Å². The predicted octanol–water partition coefficient (Wildman–Crippen LogP) is 4.02. The van der Waals surface area contributed by atoms with Gasteiger partial charge in [0.15, 0.2) is 0 Å². The van der Waals surface area contributed by atoms with E-state index in [1.54, 1.807) is 13.0 Å². The van der Waals surface area contributed by atoms with Crippen LogP contribution in [0.3, 0.4) is 0 Å². The van der Waals surface area contributed by atoms with Crippen molar-refractivity contribution in [3.8, 4) is 0 Å². The third kappa shape index (κ3) is 5.80. The van der Waals surface area contributed by atoms with E-state index in [2.05, 4.69) is 26.1 Å². The number of carbonyl (C=O) groups is 2. The molecule has 1 atom stereocenters. The Morgan fingerprint density at radius 3 is 2.57 bits per heavy atom. The van der Waals surface area contributed by atoms with Gasteiger partial charge in [0.2, 0.25) is 5.91 Å². The number of amides is 2. The number of hydrogen-bond acceptors (Lipinski definition) is 4. The average molecular weight is 485 g/mol. The van der Waals surface area contributed by atoms with Crippen LogP contribution in [0.4, 0.5) is 0 Å². The van der Waals surface area contributed by atoms with E-state index in [4.69, 9.17) is 11.6 Å². The summed E-state index contributed by atoms with van der Waals surface area (Å²) in [7, 11) is 0. The summed E-state index contributed by atoms with van der Waals surface area (Å²) in [5.74, 6) is -0.243.